The largest absolute Gasteiger partial charge is 0.369 e. The number of nitrogens with one attached hydrogen (secondary N) is 5. The van der Waals surface area contributed by atoms with Crippen molar-refractivity contribution in [1.29, 1.82) is 0 Å². The Kier molecular flexibility index (Phi) is 6.21. The first-order chi connectivity index (χ1) is 13.1. The second-order valence-corrected chi connectivity index (χ2v) is 6.41. The molecule has 5 N–H and O–H groups in total. The van der Waals surface area contributed by atoms with Crippen molar-refractivity contribution in [3.05, 3.63) is 53.2 Å². The first-order valence-electron chi connectivity index (χ1n) is 8.23. The molecule has 2 heterocycles. The summed E-state index contributed by atoms with van der Waals surface area (Å²) in [7, 11) is 1.56. The number of aromatic amines is 1. The highest BCUT2D eigenvalue weighted by atomic mass is 79.9. The van der Waals surface area contributed by atoms with E-state index in [1.165, 1.54) is 0 Å². The summed E-state index contributed by atoms with van der Waals surface area (Å²) < 4.78 is 0.771. The van der Waals surface area contributed by atoms with E-state index < -0.39 is 0 Å². The molecule has 3 rings (SSSR count). The molecule has 0 saturated heterocycles. The number of rotatable bonds is 7. The van der Waals surface area contributed by atoms with Crippen LogP contribution >= 0.6 is 15.9 Å². The fourth-order valence-electron chi connectivity index (χ4n) is 2.29. The third kappa shape index (κ3) is 5.42. The average molecular weight is 431 g/mol. The molecular formula is C17H19BrN8O. The Bertz CT molecular complexity index is 900. The second kappa shape index (κ2) is 8.99. The Morgan fingerprint density at radius 2 is 2.11 bits per heavy atom. The van der Waals surface area contributed by atoms with Gasteiger partial charge < -0.3 is 26.3 Å². The highest BCUT2D eigenvalue weighted by molar-refractivity contribution is 9.10. The monoisotopic (exact) mass is 430 g/mol. The number of hydrogen-bond acceptors (Lipinski definition) is 6. The molecule has 10 heteroatoms. The van der Waals surface area contributed by atoms with E-state index in [2.05, 4.69) is 57.1 Å². The fraction of sp³-hybridized carbons (Fsp3) is 0.176. The van der Waals surface area contributed by atoms with E-state index >= 15 is 0 Å². The zero-order valence-electron chi connectivity index (χ0n) is 14.6. The molecule has 0 bridgehead atoms. The quantitative estimate of drug-likeness (QED) is 0.392. The number of carbonyl (C=O) groups is 1. The predicted octanol–water partition coefficient (Wildman–Crippen LogP) is 3.11. The number of halogens is 1. The highest BCUT2D eigenvalue weighted by Crippen LogP contribution is 2.23. The molecule has 27 heavy (non-hydrogen) atoms. The van der Waals surface area contributed by atoms with Crippen LogP contribution in [0, 0.1) is 0 Å². The van der Waals surface area contributed by atoms with Crippen LogP contribution in [-0.4, -0.2) is 39.6 Å². The van der Waals surface area contributed by atoms with Crippen LogP contribution in [0.15, 0.2) is 47.5 Å². The van der Waals surface area contributed by atoms with Crippen LogP contribution in [0.1, 0.15) is 5.69 Å². The van der Waals surface area contributed by atoms with Crippen molar-refractivity contribution in [2.75, 3.05) is 29.5 Å². The Labute approximate surface area is 164 Å². The Morgan fingerprint density at radius 3 is 2.89 bits per heavy atom. The van der Waals surface area contributed by atoms with Crippen LogP contribution in [0.3, 0.4) is 0 Å². The zero-order valence-corrected chi connectivity index (χ0v) is 16.2. The van der Waals surface area contributed by atoms with Gasteiger partial charge in [0.2, 0.25) is 5.95 Å². The number of benzene rings is 1. The van der Waals surface area contributed by atoms with Gasteiger partial charge in [-0.25, -0.2) is 14.8 Å². The highest BCUT2D eigenvalue weighted by Gasteiger charge is 2.07. The Balaban J connectivity index is 1.65. The molecule has 0 saturated carbocycles. The molecule has 1 aromatic carbocycles. The molecule has 0 fully saturated rings. The lowest BCUT2D eigenvalue weighted by molar-refractivity contribution is 0.254. The molecule has 0 aliphatic heterocycles. The van der Waals surface area contributed by atoms with Gasteiger partial charge >= 0.3 is 6.03 Å². The number of carbonyl (C=O) groups excluding carboxylic acids is 1. The Morgan fingerprint density at radius 1 is 1.26 bits per heavy atom. The normalized spacial score (nSPS) is 10.3. The molecule has 2 amide bonds. The van der Waals surface area contributed by atoms with Gasteiger partial charge in [0, 0.05) is 49.5 Å². The Hall–Kier alpha value is -3.14. The van der Waals surface area contributed by atoms with E-state index in [1.807, 2.05) is 12.1 Å². The van der Waals surface area contributed by atoms with E-state index in [-0.39, 0.29) is 6.03 Å². The fourth-order valence-corrected chi connectivity index (χ4v) is 2.62. The molecule has 0 radical (unpaired) electrons. The number of anilines is 4. The summed E-state index contributed by atoms with van der Waals surface area (Å²) in [5.41, 5.74) is 2.47. The first kappa shape index (κ1) is 18.6. The van der Waals surface area contributed by atoms with Gasteiger partial charge in [-0.3, -0.25) is 0 Å². The molecule has 0 spiro atoms. The minimum absolute atomic E-state index is 0.282. The van der Waals surface area contributed by atoms with Crippen LogP contribution in [0.25, 0.3) is 0 Å². The van der Waals surface area contributed by atoms with E-state index in [4.69, 9.17) is 0 Å². The van der Waals surface area contributed by atoms with Gasteiger partial charge in [0.1, 0.15) is 5.82 Å². The third-order valence-electron chi connectivity index (χ3n) is 3.59. The van der Waals surface area contributed by atoms with E-state index in [9.17, 15) is 4.79 Å². The summed E-state index contributed by atoms with van der Waals surface area (Å²) in [6, 6.07) is 7.01. The maximum atomic E-state index is 11.4. The summed E-state index contributed by atoms with van der Waals surface area (Å²) in [6.07, 6.45) is 5.93. The summed E-state index contributed by atoms with van der Waals surface area (Å²) in [5.74, 6) is 1.13. The third-order valence-corrected chi connectivity index (χ3v) is 4.17. The van der Waals surface area contributed by atoms with Crippen molar-refractivity contribution in [2.45, 2.75) is 6.42 Å². The molecular weight excluding hydrogens is 412 g/mol. The minimum atomic E-state index is -0.282. The lowest BCUT2D eigenvalue weighted by atomic mass is 10.3. The standard InChI is InChI=1S/C17H19BrN8O/c1-19-17(27)25-12-4-2-3-11(7-12)24-16-22-9-14(18)15(26-16)21-6-5-13-8-20-10-23-13/h2-4,7-10H,5-6H2,1H3,(H,20,23)(H2,19,25,27)(H2,21,22,24,26). The smallest absolute Gasteiger partial charge is 0.318 e. The van der Waals surface area contributed by atoms with Crippen molar-refractivity contribution >= 4 is 45.1 Å². The van der Waals surface area contributed by atoms with Crippen molar-refractivity contribution in [2.24, 2.45) is 0 Å². The minimum Gasteiger partial charge on any atom is -0.369 e. The van der Waals surface area contributed by atoms with E-state index in [0.29, 0.717) is 24.0 Å². The molecule has 0 aliphatic carbocycles. The zero-order chi connectivity index (χ0) is 19.1. The maximum Gasteiger partial charge on any atom is 0.318 e. The SMILES string of the molecule is CNC(=O)Nc1cccc(Nc2ncc(Br)c(NCCc3cnc[nH]3)n2)c1. The van der Waals surface area contributed by atoms with E-state index in [0.717, 1.165) is 22.3 Å². The number of nitrogens with zero attached hydrogens (tertiary/aromatic N) is 3. The van der Waals surface area contributed by atoms with Crippen molar-refractivity contribution in [1.82, 2.24) is 25.3 Å². The van der Waals surface area contributed by atoms with Crippen molar-refractivity contribution < 1.29 is 4.79 Å². The van der Waals surface area contributed by atoms with Gasteiger partial charge in [0.05, 0.1) is 10.8 Å². The lowest BCUT2D eigenvalue weighted by Gasteiger charge is -2.11. The summed E-state index contributed by atoms with van der Waals surface area (Å²) >= 11 is 3.45. The number of amides is 2. The van der Waals surface area contributed by atoms with Gasteiger partial charge in [-0.2, -0.15) is 4.98 Å². The molecule has 2 aromatic heterocycles. The van der Waals surface area contributed by atoms with E-state index in [1.54, 1.807) is 37.9 Å². The predicted molar refractivity (Wildman–Crippen MR) is 108 cm³/mol. The summed E-state index contributed by atoms with van der Waals surface area (Å²) in [5, 5.41) is 11.6. The van der Waals surface area contributed by atoms with Gasteiger partial charge in [0.15, 0.2) is 0 Å². The first-order valence-corrected chi connectivity index (χ1v) is 9.03. The number of urea groups is 1. The number of H-pyrrole nitrogens is 1. The van der Waals surface area contributed by atoms with Crippen LogP contribution in [0.2, 0.25) is 0 Å². The maximum absolute atomic E-state index is 11.4. The van der Waals surface area contributed by atoms with Gasteiger partial charge in [-0.05, 0) is 34.1 Å². The van der Waals surface area contributed by atoms with Crippen molar-refractivity contribution in [3.63, 3.8) is 0 Å². The molecule has 0 atom stereocenters. The van der Waals surface area contributed by atoms with Crippen LogP contribution in [0.4, 0.5) is 27.9 Å². The molecule has 0 aliphatic rings. The van der Waals surface area contributed by atoms with Crippen LogP contribution < -0.4 is 21.3 Å². The number of hydrogen-bond donors (Lipinski definition) is 5. The summed E-state index contributed by atoms with van der Waals surface area (Å²) in [6.45, 7) is 0.697. The van der Waals surface area contributed by atoms with Crippen LogP contribution in [0.5, 0.6) is 0 Å². The van der Waals surface area contributed by atoms with Gasteiger partial charge in [0.25, 0.3) is 0 Å². The van der Waals surface area contributed by atoms with Crippen LogP contribution in [-0.2, 0) is 6.42 Å². The molecule has 3 aromatic rings. The lowest BCUT2D eigenvalue weighted by Crippen LogP contribution is -2.24. The molecule has 140 valence electrons. The molecule has 0 unspecified atom stereocenters. The van der Waals surface area contributed by atoms with Crippen molar-refractivity contribution in [3.8, 4) is 0 Å². The summed E-state index contributed by atoms with van der Waals surface area (Å²) in [4.78, 5) is 27.3. The number of imidazole rings is 1. The van der Waals surface area contributed by atoms with Gasteiger partial charge in [-0.15, -0.1) is 0 Å². The molecule has 9 nitrogen and oxygen atoms in total. The topological polar surface area (TPSA) is 120 Å². The van der Waals surface area contributed by atoms with Gasteiger partial charge in [-0.1, -0.05) is 6.07 Å². The number of aromatic nitrogens is 4. The average Bonchev–Trinajstić information content (AvgIpc) is 3.18. The second-order valence-electron chi connectivity index (χ2n) is 5.55.